The zero-order valence-corrected chi connectivity index (χ0v) is 15.7. The summed E-state index contributed by atoms with van der Waals surface area (Å²) in [6.07, 6.45) is 7.67. The third-order valence-corrected chi connectivity index (χ3v) is 6.49. The summed E-state index contributed by atoms with van der Waals surface area (Å²) in [5, 5.41) is 0. The molecule has 0 aliphatic heterocycles. The summed E-state index contributed by atoms with van der Waals surface area (Å²) in [5.74, 6) is -2.47. The van der Waals surface area contributed by atoms with Crippen LogP contribution in [0, 0.1) is 23.6 Å². The van der Waals surface area contributed by atoms with E-state index in [0.717, 1.165) is 32.3 Å². The molecule has 2 aliphatic carbocycles. The highest BCUT2D eigenvalue weighted by molar-refractivity contribution is 5.18. The zero-order chi connectivity index (χ0) is 18.6. The number of hydrogen-bond acceptors (Lipinski definition) is 1. The second-order valence-electron chi connectivity index (χ2n) is 8.17. The minimum atomic E-state index is -2.74. The van der Waals surface area contributed by atoms with Gasteiger partial charge in [0.05, 0.1) is 6.10 Å². The summed E-state index contributed by atoms with van der Waals surface area (Å²) in [5.41, 5.74) is 0.395. The van der Waals surface area contributed by atoms with Gasteiger partial charge in [-0.25, -0.2) is 13.2 Å². The largest absolute Gasteiger partial charge is 0.379 e. The van der Waals surface area contributed by atoms with Crippen molar-refractivity contribution in [1.82, 2.24) is 0 Å². The first kappa shape index (κ1) is 19.7. The number of hydrogen-bond donors (Lipinski definition) is 0. The van der Waals surface area contributed by atoms with Crippen LogP contribution in [0.3, 0.4) is 0 Å². The van der Waals surface area contributed by atoms with Gasteiger partial charge in [-0.05, 0) is 87.8 Å². The van der Waals surface area contributed by atoms with Gasteiger partial charge in [-0.1, -0.05) is 12.1 Å². The molecule has 2 aliphatic rings. The summed E-state index contributed by atoms with van der Waals surface area (Å²) in [4.78, 5) is 0. The molecule has 1 nitrogen and oxygen atoms in total. The molecular weight excluding hydrogens is 337 g/mol. The fraction of sp³-hybridized carbons (Fsp3) is 0.727. The van der Waals surface area contributed by atoms with E-state index in [2.05, 4.69) is 0 Å². The minimum Gasteiger partial charge on any atom is -0.379 e. The maximum absolute atomic E-state index is 14.7. The second kappa shape index (κ2) is 8.77. The van der Waals surface area contributed by atoms with E-state index in [1.807, 2.05) is 6.92 Å². The molecule has 0 aromatic heterocycles. The van der Waals surface area contributed by atoms with Crippen molar-refractivity contribution in [2.24, 2.45) is 17.8 Å². The number of ether oxygens (including phenoxy) is 1. The fourth-order valence-corrected chi connectivity index (χ4v) is 5.04. The predicted octanol–water partition coefficient (Wildman–Crippen LogP) is 6.41. The maximum Gasteiger partial charge on any atom is 0.254 e. The van der Waals surface area contributed by atoms with Crippen molar-refractivity contribution < 1.29 is 17.9 Å². The molecule has 0 radical (unpaired) electrons. The summed E-state index contributed by atoms with van der Waals surface area (Å²) in [6, 6.07) is 5.64. The fourth-order valence-electron chi connectivity index (χ4n) is 5.04. The van der Waals surface area contributed by atoms with Crippen molar-refractivity contribution in [1.29, 1.82) is 0 Å². The maximum atomic E-state index is 14.7. The lowest BCUT2D eigenvalue weighted by Gasteiger charge is -2.39. The van der Waals surface area contributed by atoms with Gasteiger partial charge in [-0.3, -0.25) is 0 Å². The van der Waals surface area contributed by atoms with Gasteiger partial charge in [0, 0.05) is 18.9 Å². The van der Waals surface area contributed by atoms with Gasteiger partial charge in [-0.15, -0.1) is 0 Å². The highest BCUT2D eigenvalue weighted by Gasteiger charge is 2.42. The van der Waals surface area contributed by atoms with Gasteiger partial charge in [0.15, 0.2) is 0 Å². The van der Waals surface area contributed by atoms with Crippen LogP contribution in [0.1, 0.15) is 63.9 Å². The van der Waals surface area contributed by atoms with Gasteiger partial charge < -0.3 is 4.74 Å². The SMILES string of the molecule is CCOC1CCC(C2CCC(C(F)(F)Cc3cccc(F)c3)CC2)CC1. The van der Waals surface area contributed by atoms with Crippen LogP contribution in [0.2, 0.25) is 0 Å². The summed E-state index contributed by atoms with van der Waals surface area (Å²) in [6.45, 7) is 2.82. The van der Waals surface area contributed by atoms with E-state index in [0.29, 0.717) is 36.3 Å². The van der Waals surface area contributed by atoms with Gasteiger partial charge in [0.1, 0.15) is 5.82 Å². The molecule has 0 amide bonds. The summed E-state index contributed by atoms with van der Waals surface area (Å²) in [7, 11) is 0. The van der Waals surface area contributed by atoms with Gasteiger partial charge >= 0.3 is 0 Å². The number of benzene rings is 1. The van der Waals surface area contributed by atoms with Crippen LogP contribution in [0.5, 0.6) is 0 Å². The van der Waals surface area contributed by atoms with E-state index in [-0.39, 0.29) is 6.42 Å². The summed E-state index contributed by atoms with van der Waals surface area (Å²) < 4.78 is 48.4. The Morgan fingerprint density at radius 2 is 1.58 bits per heavy atom. The normalized spacial score (nSPS) is 30.3. The third kappa shape index (κ3) is 5.03. The molecule has 0 saturated heterocycles. The minimum absolute atomic E-state index is 0.348. The standard InChI is InChI=1S/C22H31F3O/c1-2-26-21-12-8-18(9-13-21)17-6-10-19(11-7-17)22(24,25)15-16-4-3-5-20(23)14-16/h3-5,14,17-19,21H,2,6-13,15H2,1H3. The van der Waals surface area contributed by atoms with E-state index < -0.39 is 17.7 Å². The molecular formula is C22H31F3O. The Bertz CT molecular complexity index is 558. The summed E-state index contributed by atoms with van der Waals surface area (Å²) >= 11 is 0. The van der Waals surface area contributed by atoms with Crippen molar-refractivity contribution in [3.63, 3.8) is 0 Å². The Kier molecular flexibility index (Phi) is 6.65. The highest BCUT2D eigenvalue weighted by atomic mass is 19.3. The van der Waals surface area contributed by atoms with Crippen LogP contribution in [-0.4, -0.2) is 18.6 Å². The molecule has 0 spiro atoms. The van der Waals surface area contributed by atoms with Crippen LogP contribution in [0.4, 0.5) is 13.2 Å². The molecule has 2 fully saturated rings. The molecule has 1 aromatic rings. The average molecular weight is 368 g/mol. The van der Waals surface area contributed by atoms with Crippen LogP contribution in [0.15, 0.2) is 24.3 Å². The lowest BCUT2D eigenvalue weighted by atomic mass is 9.69. The molecule has 0 N–H and O–H groups in total. The van der Waals surface area contributed by atoms with Crippen LogP contribution in [0.25, 0.3) is 0 Å². The van der Waals surface area contributed by atoms with E-state index in [9.17, 15) is 13.2 Å². The van der Waals surface area contributed by atoms with E-state index in [4.69, 9.17) is 4.74 Å². The van der Waals surface area contributed by atoms with Crippen LogP contribution >= 0.6 is 0 Å². The highest BCUT2D eigenvalue weighted by Crippen LogP contribution is 2.45. The third-order valence-electron chi connectivity index (χ3n) is 6.49. The van der Waals surface area contributed by atoms with E-state index in [1.165, 1.54) is 31.0 Å². The van der Waals surface area contributed by atoms with Gasteiger partial charge in [0.2, 0.25) is 0 Å². The average Bonchev–Trinajstić information content (AvgIpc) is 2.62. The zero-order valence-electron chi connectivity index (χ0n) is 15.7. The number of rotatable bonds is 6. The molecule has 146 valence electrons. The van der Waals surface area contributed by atoms with Crippen molar-refractivity contribution >= 4 is 0 Å². The molecule has 0 heterocycles. The van der Waals surface area contributed by atoms with Crippen molar-refractivity contribution in [3.05, 3.63) is 35.6 Å². The molecule has 26 heavy (non-hydrogen) atoms. The topological polar surface area (TPSA) is 9.23 Å². The molecule has 3 rings (SSSR count). The quantitative estimate of drug-likeness (QED) is 0.564. The van der Waals surface area contributed by atoms with Gasteiger partial charge in [0.25, 0.3) is 5.92 Å². The Hall–Kier alpha value is -1.03. The van der Waals surface area contributed by atoms with Crippen LogP contribution in [-0.2, 0) is 11.2 Å². The van der Waals surface area contributed by atoms with Crippen LogP contribution < -0.4 is 0 Å². The van der Waals surface area contributed by atoms with Crippen molar-refractivity contribution in [2.45, 2.75) is 76.7 Å². The van der Waals surface area contributed by atoms with Crippen molar-refractivity contribution in [3.8, 4) is 0 Å². The smallest absolute Gasteiger partial charge is 0.254 e. The Balaban J connectivity index is 1.48. The first-order valence-corrected chi connectivity index (χ1v) is 10.2. The van der Waals surface area contributed by atoms with Gasteiger partial charge in [-0.2, -0.15) is 0 Å². The lowest BCUT2D eigenvalue weighted by Crippen LogP contribution is -2.36. The van der Waals surface area contributed by atoms with E-state index >= 15 is 0 Å². The molecule has 0 unspecified atom stereocenters. The first-order valence-electron chi connectivity index (χ1n) is 10.2. The first-order chi connectivity index (χ1) is 12.5. The number of halogens is 3. The Labute approximate surface area is 155 Å². The number of alkyl halides is 2. The Morgan fingerprint density at radius 3 is 2.15 bits per heavy atom. The molecule has 0 atom stereocenters. The van der Waals surface area contributed by atoms with E-state index in [1.54, 1.807) is 6.07 Å². The molecule has 1 aromatic carbocycles. The Morgan fingerprint density at radius 1 is 0.962 bits per heavy atom. The monoisotopic (exact) mass is 368 g/mol. The predicted molar refractivity (Wildman–Crippen MR) is 97.9 cm³/mol. The molecule has 2 saturated carbocycles. The molecule has 0 bridgehead atoms. The second-order valence-corrected chi connectivity index (χ2v) is 8.17. The lowest BCUT2D eigenvalue weighted by molar-refractivity contribution is -0.0786. The van der Waals surface area contributed by atoms with Crippen molar-refractivity contribution in [2.75, 3.05) is 6.61 Å². The molecule has 4 heteroatoms.